The van der Waals surface area contributed by atoms with Crippen LogP contribution in [0.4, 0.5) is 0 Å². The van der Waals surface area contributed by atoms with Gasteiger partial charge in [-0.25, -0.2) is 0 Å². The van der Waals surface area contributed by atoms with Crippen molar-refractivity contribution in [1.29, 1.82) is 0 Å². The molecule has 1 atom stereocenters. The molecular formula is C14H18N2O. The van der Waals surface area contributed by atoms with Crippen LogP contribution in [0, 0.1) is 0 Å². The van der Waals surface area contributed by atoms with Crippen molar-refractivity contribution in [2.24, 2.45) is 0 Å². The van der Waals surface area contributed by atoms with Crippen LogP contribution in [0.5, 0.6) is 0 Å². The number of nitrogens with one attached hydrogen (secondary N) is 1. The maximum atomic E-state index is 12.0. The van der Waals surface area contributed by atoms with Crippen LogP contribution in [0.2, 0.25) is 0 Å². The Balaban J connectivity index is 1.91. The summed E-state index contributed by atoms with van der Waals surface area (Å²) in [5, 5.41) is 3.14. The molecule has 1 fully saturated rings. The molecule has 1 N–H and O–H groups in total. The van der Waals surface area contributed by atoms with Gasteiger partial charge in [0.05, 0.1) is 12.6 Å². The van der Waals surface area contributed by atoms with E-state index in [4.69, 9.17) is 0 Å². The van der Waals surface area contributed by atoms with E-state index in [2.05, 4.69) is 34.5 Å². The average Bonchev–Trinajstić information content (AvgIpc) is 2.39. The smallest absolute Gasteiger partial charge is 0.237 e. The zero-order valence-electron chi connectivity index (χ0n) is 9.98. The summed E-state index contributed by atoms with van der Waals surface area (Å²) in [4.78, 5) is 14.0. The van der Waals surface area contributed by atoms with Gasteiger partial charge in [-0.05, 0) is 30.4 Å². The number of piperazine rings is 1. The second kappa shape index (κ2) is 4.49. The summed E-state index contributed by atoms with van der Waals surface area (Å²) in [5.74, 6) is 0.248. The molecule has 1 unspecified atom stereocenters. The lowest BCUT2D eigenvalue weighted by Gasteiger charge is -2.38. The number of carbonyl (C=O) groups excluding carboxylic acids is 1. The van der Waals surface area contributed by atoms with Crippen molar-refractivity contribution in [2.45, 2.75) is 25.3 Å². The van der Waals surface area contributed by atoms with Crippen molar-refractivity contribution in [3.05, 3.63) is 35.4 Å². The lowest BCUT2D eigenvalue weighted by Crippen LogP contribution is -2.49. The molecule has 2 aliphatic rings. The molecule has 1 aromatic rings. The van der Waals surface area contributed by atoms with Crippen molar-refractivity contribution in [2.75, 3.05) is 19.6 Å². The Morgan fingerprint density at radius 2 is 2.18 bits per heavy atom. The van der Waals surface area contributed by atoms with Gasteiger partial charge in [0.2, 0.25) is 5.91 Å². The number of aryl methyl sites for hydroxylation is 1. The fraction of sp³-hybridized carbons (Fsp3) is 0.500. The number of carbonyl (C=O) groups is 1. The van der Waals surface area contributed by atoms with Crippen LogP contribution in [0.25, 0.3) is 0 Å². The maximum Gasteiger partial charge on any atom is 0.237 e. The first-order chi connectivity index (χ1) is 8.36. The number of benzene rings is 1. The van der Waals surface area contributed by atoms with Crippen molar-refractivity contribution < 1.29 is 4.79 Å². The summed E-state index contributed by atoms with van der Waals surface area (Å²) in [7, 11) is 0. The summed E-state index contributed by atoms with van der Waals surface area (Å²) in [6, 6.07) is 8.89. The van der Waals surface area contributed by atoms with Crippen LogP contribution >= 0.6 is 0 Å². The fourth-order valence-corrected chi connectivity index (χ4v) is 3.00. The molecular weight excluding hydrogens is 212 g/mol. The first kappa shape index (κ1) is 10.8. The van der Waals surface area contributed by atoms with E-state index in [1.54, 1.807) is 0 Å². The third kappa shape index (κ3) is 1.95. The van der Waals surface area contributed by atoms with E-state index in [1.165, 1.54) is 17.5 Å². The molecule has 3 nitrogen and oxygen atoms in total. The van der Waals surface area contributed by atoms with E-state index in [0.717, 1.165) is 25.9 Å². The number of hydrogen-bond donors (Lipinski definition) is 1. The summed E-state index contributed by atoms with van der Waals surface area (Å²) in [6.07, 6.45) is 3.47. The van der Waals surface area contributed by atoms with Gasteiger partial charge in [0.1, 0.15) is 0 Å². The summed E-state index contributed by atoms with van der Waals surface area (Å²) in [5.41, 5.74) is 2.80. The third-order valence-electron chi connectivity index (χ3n) is 3.84. The van der Waals surface area contributed by atoms with Gasteiger partial charge in [-0.3, -0.25) is 4.79 Å². The number of nitrogens with zero attached hydrogens (tertiary/aromatic N) is 1. The highest BCUT2D eigenvalue weighted by atomic mass is 16.2. The lowest BCUT2D eigenvalue weighted by atomic mass is 9.86. The second-order valence-electron chi connectivity index (χ2n) is 4.87. The molecule has 17 heavy (non-hydrogen) atoms. The summed E-state index contributed by atoms with van der Waals surface area (Å²) in [6.45, 7) is 2.26. The molecule has 0 saturated carbocycles. The van der Waals surface area contributed by atoms with Gasteiger partial charge in [-0.2, -0.15) is 0 Å². The minimum absolute atomic E-state index is 0.248. The molecule has 1 saturated heterocycles. The van der Waals surface area contributed by atoms with Crippen LogP contribution in [-0.2, 0) is 11.2 Å². The van der Waals surface area contributed by atoms with Crippen molar-refractivity contribution in [3.8, 4) is 0 Å². The van der Waals surface area contributed by atoms with E-state index < -0.39 is 0 Å². The highest BCUT2D eigenvalue weighted by Gasteiger charge is 2.30. The van der Waals surface area contributed by atoms with Crippen LogP contribution in [0.15, 0.2) is 24.3 Å². The van der Waals surface area contributed by atoms with Crippen LogP contribution in [0.1, 0.15) is 30.0 Å². The summed E-state index contributed by atoms with van der Waals surface area (Å²) < 4.78 is 0. The molecule has 1 aromatic carbocycles. The van der Waals surface area contributed by atoms with Gasteiger partial charge in [0.25, 0.3) is 0 Å². The highest BCUT2D eigenvalue weighted by Crippen LogP contribution is 2.34. The van der Waals surface area contributed by atoms with Crippen LogP contribution in [0.3, 0.4) is 0 Å². The molecule has 3 rings (SSSR count). The first-order valence-corrected chi connectivity index (χ1v) is 6.44. The van der Waals surface area contributed by atoms with Gasteiger partial charge < -0.3 is 10.2 Å². The predicted octanol–water partition coefficient (Wildman–Crippen LogP) is 1.50. The number of rotatable bonds is 1. The second-order valence-corrected chi connectivity index (χ2v) is 4.87. The molecule has 0 bridgehead atoms. The lowest BCUT2D eigenvalue weighted by molar-refractivity contribution is -0.134. The first-order valence-electron chi connectivity index (χ1n) is 6.44. The molecule has 0 aromatic heterocycles. The van der Waals surface area contributed by atoms with Gasteiger partial charge in [0, 0.05) is 13.1 Å². The Morgan fingerprint density at radius 3 is 3.06 bits per heavy atom. The molecule has 1 amide bonds. The van der Waals surface area contributed by atoms with Gasteiger partial charge in [-0.1, -0.05) is 24.3 Å². The Kier molecular flexibility index (Phi) is 2.85. The van der Waals surface area contributed by atoms with Crippen LogP contribution in [-0.4, -0.2) is 30.4 Å². The van der Waals surface area contributed by atoms with E-state index in [-0.39, 0.29) is 5.91 Å². The molecule has 90 valence electrons. The molecule has 0 radical (unpaired) electrons. The predicted molar refractivity (Wildman–Crippen MR) is 66.7 cm³/mol. The molecule has 0 spiro atoms. The quantitative estimate of drug-likeness (QED) is 0.793. The topological polar surface area (TPSA) is 32.3 Å². The molecule has 1 heterocycles. The molecule has 3 heteroatoms. The van der Waals surface area contributed by atoms with E-state index in [0.29, 0.717) is 12.6 Å². The zero-order chi connectivity index (χ0) is 11.7. The van der Waals surface area contributed by atoms with E-state index in [9.17, 15) is 4.79 Å². The average molecular weight is 230 g/mol. The fourth-order valence-electron chi connectivity index (χ4n) is 3.00. The Morgan fingerprint density at radius 1 is 1.29 bits per heavy atom. The largest absolute Gasteiger partial charge is 0.333 e. The van der Waals surface area contributed by atoms with Crippen LogP contribution < -0.4 is 5.32 Å². The number of amides is 1. The number of hydrogen-bond acceptors (Lipinski definition) is 2. The minimum atomic E-state index is 0.248. The van der Waals surface area contributed by atoms with E-state index >= 15 is 0 Å². The summed E-state index contributed by atoms with van der Waals surface area (Å²) >= 11 is 0. The SMILES string of the molecule is O=C1CNCCN1C1CCCc2ccccc21. The van der Waals surface area contributed by atoms with Crippen molar-refractivity contribution in [3.63, 3.8) is 0 Å². The van der Waals surface area contributed by atoms with E-state index in [1.807, 2.05) is 0 Å². The molecule has 1 aliphatic heterocycles. The van der Waals surface area contributed by atoms with Crippen molar-refractivity contribution in [1.82, 2.24) is 10.2 Å². The third-order valence-corrected chi connectivity index (χ3v) is 3.84. The molecule has 1 aliphatic carbocycles. The minimum Gasteiger partial charge on any atom is -0.333 e. The normalized spacial score (nSPS) is 24.6. The highest BCUT2D eigenvalue weighted by molar-refractivity contribution is 5.79. The Labute approximate surface area is 102 Å². The zero-order valence-corrected chi connectivity index (χ0v) is 9.98. The maximum absolute atomic E-state index is 12.0. The van der Waals surface area contributed by atoms with Gasteiger partial charge in [0.15, 0.2) is 0 Å². The Bertz CT molecular complexity index is 430. The van der Waals surface area contributed by atoms with Crippen molar-refractivity contribution >= 4 is 5.91 Å². The van der Waals surface area contributed by atoms with Gasteiger partial charge >= 0.3 is 0 Å². The monoisotopic (exact) mass is 230 g/mol. The Hall–Kier alpha value is -1.35. The number of fused-ring (bicyclic) bond motifs is 1. The standard InChI is InChI=1S/C14H18N2O/c17-14-10-15-8-9-16(14)13-7-3-5-11-4-1-2-6-12(11)13/h1-2,4,6,13,15H,3,5,7-10H2. The van der Waals surface area contributed by atoms with Gasteiger partial charge in [-0.15, -0.1) is 0 Å².